The number of carbonyl (C=O) groups is 1. The lowest BCUT2D eigenvalue weighted by molar-refractivity contribution is 0.0473. The van der Waals surface area contributed by atoms with Gasteiger partial charge in [-0.2, -0.15) is 0 Å². The molecule has 1 aromatic carbocycles. The maximum absolute atomic E-state index is 12.2. The van der Waals surface area contributed by atoms with Crippen molar-refractivity contribution in [2.45, 2.75) is 25.9 Å². The van der Waals surface area contributed by atoms with E-state index in [-0.39, 0.29) is 12.0 Å². The Kier molecular flexibility index (Phi) is 4.04. The van der Waals surface area contributed by atoms with E-state index < -0.39 is 0 Å². The lowest BCUT2D eigenvalue weighted by Crippen LogP contribution is -2.42. The maximum Gasteiger partial charge on any atom is 0.253 e. The Hall–Kier alpha value is -0.620. The van der Waals surface area contributed by atoms with Crippen LogP contribution < -0.4 is 0 Å². The van der Waals surface area contributed by atoms with Gasteiger partial charge in [-0.3, -0.25) is 4.79 Å². The van der Waals surface area contributed by atoms with E-state index in [1.165, 1.54) is 5.56 Å². The quantitative estimate of drug-likeness (QED) is 0.793. The van der Waals surface area contributed by atoms with Gasteiger partial charge < -0.3 is 10.0 Å². The highest BCUT2D eigenvalue weighted by atomic mass is 127. The highest BCUT2D eigenvalue weighted by Gasteiger charge is 2.23. The summed E-state index contributed by atoms with van der Waals surface area (Å²) in [4.78, 5) is 14.0. The summed E-state index contributed by atoms with van der Waals surface area (Å²) < 4.78 is 1.10. The van der Waals surface area contributed by atoms with E-state index in [1.807, 2.05) is 25.1 Å². The van der Waals surface area contributed by atoms with Gasteiger partial charge in [-0.1, -0.05) is 6.07 Å². The summed E-state index contributed by atoms with van der Waals surface area (Å²) in [6, 6.07) is 5.75. The van der Waals surface area contributed by atoms with Crippen LogP contribution in [0.15, 0.2) is 18.2 Å². The molecule has 92 valence electrons. The van der Waals surface area contributed by atoms with Crippen molar-refractivity contribution < 1.29 is 9.90 Å². The predicted molar refractivity (Wildman–Crippen MR) is 75.0 cm³/mol. The van der Waals surface area contributed by atoms with Crippen LogP contribution in [0.1, 0.15) is 28.8 Å². The first-order valence-electron chi connectivity index (χ1n) is 5.81. The third kappa shape index (κ3) is 2.98. The molecule has 1 amide bonds. The van der Waals surface area contributed by atoms with Crippen LogP contribution in [0.5, 0.6) is 0 Å². The monoisotopic (exact) mass is 345 g/mol. The summed E-state index contributed by atoms with van der Waals surface area (Å²) in [5, 5.41) is 9.58. The molecule has 0 saturated carbocycles. The zero-order valence-corrected chi connectivity index (χ0v) is 12.0. The number of carbonyl (C=O) groups excluding carboxylic acids is 1. The molecule has 2 rings (SSSR count). The maximum atomic E-state index is 12.2. The van der Waals surface area contributed by atoms with Gasteiger partial charge in [0.05, 0.1) is 6.10 Å². The molecule has 4 heteroatoms. The van der Waals surface area contributed by atoms with Crippen LogP contribution in [-0.2, 0) is 0 Å². The first-order chi connectivity index (χ1) is 8.08. The Balaban J connectivity index is 2.15. The molecule has 1 aromatic rings. The van der Waals surface area contributed by atoms with E-state index in [1.54, 1.807) is 4.90 Å². The Bertz CT molecular complexity index is 433. The molecule has 1 atom stereocenters. The number of benzene rings is 1. The van der Waals surface area contributed by atoms with Crippen LogP contribution in [-0.4, -0.2) is 35.1 Å². The second-order valence-corrected chi connectivity index (χ2v) is 5.67. The van der Waals surface area contributed by atoms with Crippen molar-refractivity contribution in [3.63, 3.8) is 0 Å². The van der Waals surface area contributed by atoms with Gasteiger partial charge in [-0.05, 0) is 60.1 Å². The molecule has 1 N–H and O–H groups in total. The fraction of sp³-hybridized carbons (Fsp3) is 0.462. The molecule has 1 aliphatic rings. The molecule has 0 aromatic heterocycles. The van der Waals surface area contributed by atoms with Crippen LogP contribution in [0, 0.1) is 10.5 Å². The molecule has 1 heterocycles. The third-order valence-electron chi connectivity index (χ3n) is 3.10. The van der Waals surface area contributed by atoms with Crippen molar-refractivity contribution in [2.24, 2.45) is 0 Å². The Morgan fingerprint density at radius 1 is 1.53 bits per heavy atom. The van der Waals surface area contributed by atoms with Gasteiger partial charge in [0.15, 0.2) is 0 Å². The summed E-state index contributed by atoms with van der Waals surface area (Å²) in [6.45, 7) is 3.24. The largest absolute Gasteiger partial charge is 0.391 e. The van der Waals surface area contributed by atoms with E-state index in [2.05, 4.69) is 22.6 Å². The molecule has 0 aliphatic carbocycles. The average molecular weight is 345 g/mol. The summed E-state index contributed by atoms with van der Waals surface area (Å²) in [5.41, 5.74) is 1.90. The van der Waals surface area contributed by atoms with E-state index >= 15 is 0 Å². The van der Waals surface area contributed by atoms with Gasteiger partial charge in [0, 0.05) is 22.2 Å². The fourth-order valence-electron chi connectivity index (χ4n) is 2.05. The molecule has 0 spiro atoms. The molecular formula is C13H16INO2. The number of hydrogen-bond donors (Lipinski definition) is 1. The molecule has 17 heavy (non-hydrogen) atoms. The van der Waals surface area contributed by atoms with E-state index in [0.717, 1.165) is 23.0 Å². The van der Waals surface area contributed by atoms with Crippen molar-refractivity contribution >= 4 is 28.5 Å². The molecule has 3 nitrogen and oxygen atoms in total. The van der Waals surface area contributed by atoms with Gasteiger partial charge in [0.1, 0.15) is 0 Å². The fourth-order valence-corrected chi connectivity index (χ4v) is 2.56. The minimum Gasteiger partial charge on any atom is -0.391 e. The number of halogens is 1. The number of piperidine rings is 1. The van der Waals surface area contributed by atoms with Crippen molar-refractivity contribution in [1.29, 1.82) is 0 Å². The normalized spacial score (nSPS) is 20.4. The zero-order valence-electron chi connectivity index (χ0n) is 9.82. The average Bonchev–Trinajstić information content (AvgIpc) is 2.32. The van der Waals surface area contributed by atoms with Gasteiger partial charge in [0.2, 0.25) is 0 Å². The molecule has 0 radical (unpaired) electrons. The SMILES string of the molecule is Cc1ccc(C(=O)N2CCCC(O)C2)cc1I. The van der Waals surface area contributed by atoms with Crippen LogP contribution >= 0.6 is 22.6 Å². The number of aliphatic hydroxyl groups is 1. The Labute approximate surface area is 115 Å². The van der Waals surface area contributed by atoms with Gasteiger partial charge in [0.25, 0.3) is 5.91 Å². The van der Waals surface area contributed by atoms with Gasteiger partial charge >= 0.3 is 0 Å². The third-order valence-corrected chi connectivity index (χ3v) is 4.26. The van der Waals surface area contributed by atoms with Crippen LogP contribution in [0.2, 0.25) is 0 Å². The van der Waals surface area contributed by atoms with E-state index in [4.69, 9.17) is 0 Å². The van der Waals surface area contributed by atoms with Crippen molar-refractivity contribution in [2.75, 3.05) is 13.1 Å². The van der Waals surface area contributed by atoms with E-state index in [9.17, 15) is 9.90 Å². The lowest BCUT2D eigenvalue weighted by Gasteiger charge is -2.30. The molecule has 1 fully saturated rings. The Morgan fingerprint density at radius 2 is 2.29 bits per heavy atom. The number of β-amino-alcohol motifs (C(OH)–C–C–N with tert-alkyl or cyclic N) is 1. The zero-order chi connectivity index (χ0) is 12.4. The predicted octanol–water partition coefficient (Wildman–Crippen LogP) is 2.20. The van der Waals surface area contributed by atoms with Crippen molar-refractivity contribution in [3.05, 3.63) is 32.9 Å². The number of rotatable bonds is 1. The summed E-state index contributed by atoms with van der Waals surface area (Å²) in [6.07, 6.45) is 1.32. The second kappa shape index (κ2) is 5.35. The number of aliphatic hydroxyl groups excluding tert-OH is 1. The highest BCUT2D eigenvalue weighted by Crippen LogP contribution is 2.17. The highest BCUT2D eigenvalue weighted by molar-refractivity contribution is 14.1. The number of amides is 1. The number of nitrogens with zero attached hydrogens (tertiary/aromatic N) is 1. The number of likely N-dealkylation sites (tertiary alicyclic amines) is 1. The lowest BCUT2D eigenvalue weighted by atomic mass is 10.1. The molecular weight excluding hydrogens is 329 g/mol. The summed E-state index contributed by atoms with van der Waals surface area (Å²) in [5.74, 6) is 0.0293. The molecule has 1 aliphatic heterocycles. The van der Waals surface area contributed by atoms with Crippen LogP contribution in [0.4, 0.5) is 0 Å². The minimum atomic E-state index is -0.364. The van der Waals surface area contributed by atoms with Crippen LogP contribution in [0.25, 0.3) is 0 Å². The minimum absolute atomic E-state index is 0.0293. The molecule has 1 saturated heterocycles. The van der Waals surface area contributed by atoms with Crippen LogP contribution in [0.3, 0.4) is 0 Å². The van der Waals surface area contributed by atoms with Gasteiger partial charge in [-0.15, -0.1) is 0 Å². The Morgan fingerprint density at radius 3 is 2.94 bits per heavy atom. The summed E-state index contributed by atoms with van der Waals surface area (Å²) >= 11 is 2.24. The number of hydrogen-bond acceptors (Lipinski definition) is 2. The number of aryl methyl sites for hydroxylation is 1. The van der Waals surface area contributed by atoms with Crippen molar-refractivity contribution in [3.8, 4) is 0 Å². The standard InChI is InChI=1S/C13H16INO2/c1-9-4-5-10(7-12(9)14)13(17)15-6-2-3-11(16)8-15/h4-5,7,11,16H,2-3,6,8H2,1H3. The smallest absolute Gasteiger partial charge is 0.253 e. The first kappa shape index (κ1) is 12.8. The second-order valence-electron chi connectivity index (χ2n) is 4.51. The molecule has 1 unspecified atom stereocenters. The van der Waals surface area contributed by atoms with Gasteiger partial charge in [-0.25, -0.2) is 0 Å². The van der Waals surface area contributed by atoms with Crippen molar-refractivity contribution in [1.82, 2.24) is 4.90 Å². The first-order valence-corrected chi connectivity index (χ1v) is 6.89. The van der Waals surface area contributed by atoms with E-state index in [0.29, 0.717) is 12.1 Å². The topological polar surface area (TPSA) is 40.5 Å². The summed E-state index contributed by atoms with van der Waals surface area (Å²) in [7, 11) is 0. The molecule has 0 bridgehead atoms.